The Morgan fingerprint density at radius 2 is 1.84 bits per heavy atom. The van der Waals surface area contributed by atoms with Crippen molar-refractivity contribution in [2.24, 2.45) is 4.99 Å². The summed E-state index contributed by atoms with van der Waals surface area (Å²) in [6.07, 6.45) is 14.6. The summed E-state index contributed by atoms with van der Waals surface area (Å²) in [7, 11) is 0. The molecule has 1 heterocycles. The summed E-state index contributed by atoms with van der Waals surface area (Å²) < 4.78 is 0. The summed E-state index contributed by atoms with van der Waals surface area (Å²) in [6.45, 7) is 2.36. The van der Waals surface area contributed by atoms with Crippen LogP contribution in [0, 0.1) is 0 Å². The quantitative estimate of drug-likeness (QED) is 0.748. The molecule has 1 unspecified atom stereocenters. The lowest BCUT2D eigenvalue weighted by atomic mass is 9.90. The third-order valence-corrected chi connectivity index (χ3v) is 3.97. The second kappa shape index (κ2) is 5.54. The molecule has 1 aromatic rings. The van der Waals surface area contributed by atoms with Crippen molar-refractivity contribution in [1.29, 1.82) is 0 Å². The molecular formula is C17H20N2. The number of nitrogens with zero attached hydrogens (tertiary/aromatic N) is 2. The number of likely N-dealkylation sites (tertiary alicyclic amines) is 1. The summed E-state index contributed by atoms with van der Waals surface area (Å²) in [4.78, 5) is 7.25. The number of hydrogen-bond acceptors (Lipinski definition) is 2. The number of para-hydroxylation sites is 1. The zero-order chi connectivity index (χ0) is 13.0. The van der Waals surface area contributed by atoms with E-state index < -0.39 is 0 Å². The van der Waals surface area contributed by atoms with Crippen molar-refractivity contribution in [3.8, 4) is 0 Å². The first kappa shape index (κ1) is 12.4. The highest BCUT2D eigenvalue weighted by Crippen LogP contribution is 2.28. The fraction of sp³-hybridized carbons (Fsp3) is 0.353. The fourth-order valence-corrected chi connectivity index (χ4v) is 2.87. The van der Waals surface area contributed by atoms with Gasteiger partial charge in [0.2, 0.25) is 0 Å². The largest absolute Gasteiger partial charge is 0.289 e. The Morgan fingerprint density at radius 1 is 1.05 bits per heavy atom. The maximum atomic E-state index is 4.69. The summed E-state index contributed by atoms with van der Waals surface area (Å²) in [5, 5.41) is 0. The van der Waals surface area contributed by atoms with E-state index >= 15 is 0 Å². The van der Waals surface area contributed by atoms with Gasteiger partial charge in [-0.15, -0.1) is 0 Å². The minimum Gasteiger partial charge on any atom is -0.289 e. The molecular weight excluding hydrogens is 232 g/mol. The van der Waals surface area contributed by atoms with Crippen molar-refractivity contribution in [3.05, 3.63) is 54.6 Å². The molecule has 2 nitrogen and oxygen atoms in total. The second-order valence-electron chi connectivity index (χ2n) is 5.27. The molecule has 0 radical (unpaired) electrons. The average molecular weight is 252 g/mol. The molecule has 1 atom stereocenters. The van der Waals surface area contributed by atoms with Crippen LogP contribution in [0.15, 0.2) is 59.6 Å². The molecule has 0 aromatic heterocycles. The van der Waals surface area contributed by atoms with Crippen LogP contribution in [0.1, 0.15) is 19.3 Å². The number of rotatable bonds is 3. The molecule has 0 N–H and O–H groups in total. The SMILES string of the molecule is C1=CCC(C=Nc2ccccc2)(N2CCCC2)C=C1. The van der Waals surface area contributed by atoms with Gasteiger partial charge in [-0.25, -0.2) is 0 Å². The van der Waals surface area contributed by atoms with Crippen molar-refractivity contribution in [3.63, 3.8) is 0 Å². The maximum Gasteiger partial charge on any atom is 0.0786 e. The summed E-state index contributed by atoms with van der Waals surface area (Å²) in [6, 6.07) is 10.2. The van der Waals surface area contributed by atoms with Crippen LogP contribution in [0.25, 0.3) is 0 Å². The highest BCUT2D eigenvalue weighted by molar-refractivity contribution is 5.77. The third-order valence-electron chi connectivity index (χ3n) is 3.97. The van der Waals surface area contributed by atoms with Gasteiger partial charge in [-0.2, -0.15) is 0 Å². The Morgan fingerprint density at radius 3 is 2.53 bits per heavy atom. The van der Waals surface area contributed by atoms with E-state index in [1.54, 1.807) is 0 Å². The monoisotopic (exact) mass is 252 g/mol. The van der Waals surface area contributed by atoms with Crippen molar-refractivity contribution in [1.82, 2.24) is 4.90 Å². The number of benzene rings is 1. The first-order valence-electron chi connectivity index (χ1n) is 7.09. The lowest BCUT2D eigenvalue weighted by Gasteiger charge is -2.36. The topological polar surface area (TPSA) is 15.6 Å². The second-order valence-corrected chi connectivity index (χ2v) is 5.27. The number of aliphatic imine (C=N–C) groups is 1. The highest BCUT2D eigenvalue weighted by Gasteiger charge is 2.34. The Bertz CT molecular complexity index is 495. The highest BCUT2D eigenvalue weighted by atomic mass is 15.2. The zero-order valence-electron chi connectivity index (χ0n) is 11.2. The Labute approximate surface area is 115 Å². The molecule has 1 saturated heterocycles. The predicted molar refractivity (Wildman–Crippen MR) is 81.0 cm³/mol. The van der Waals surface area contributed by atoms with E-state index in [1.807, 2.05) is 18.2 Å². The minimum atomic E-state index is -0.0128. The van der Waals surface area contributed by atoms with Crippen LogP contribution in [0.2, 0.25) is 0 Å². The van der Waals surface area contributed by atoms with Crippen molar-refractivity contribution in [2.45, 2.75) is 24.8 Å². The molecule has 98 valence electrons. The summed E-state index contributed by atoms with van der Waals surface area (Å²) in [5.41, 5.74) is 1.02. The smallest absolute Gasteiger partial charge is 0.0786 e. The van der Waals surface area contributed by atoms with E-state index in [0.29, 0.717) is 0 Å². The predicted octanol–water partition coefficient (Wildman–Crippen LogP) is 3.74. The van der Waals surface area contributed by atoms with Gasteiger partial charge in [0.25, 0.3) is 0 Å². The van der Waals surface area contributed by atoms with Gasteiger partial charge in [0, 0.05) is 6.21 Å². The van der Waals surface area contributed by atoms with E-state index in [2.05, 4.69) is 47.6 Å². The fourth-order valence-electron chi connectivity index (χ4n) is 2.87. The molecule has 1 aliphatic carbocycles. The molecule has 3 rings (SSSR count). The van der Waals surface area contributed by atoms with E-state index in [4.69, 9.17) is 4.99 Å². The van der Waals surface area contributed by atoms with Crippen molar-refractivity contribution < 1.29 is 0 Å². The number of hydrogen-bond donors (Lipinski definition) is 0. The van der Waals surface area contributed by atoms with Gasteiger partial charge >= 0.3 is 0 Å². The Kier molecular flexibility index (Phi) is 3.60. The zero-order valence-corrected chi connectivity index (χ0v) is 11.2. The van der Waals surface area contributed by atoms with Gasteiger partial charge in [0.05, 0.1) is 11.2 Å². The van der Waals surface area contributed by atoms with E-state index in [9.17, 15) is 0 Å². The third kappa shape index (κ3) is 2.69. The maximum absolute atomic E-state index is 4.69. The van der Waals surface area contributed by atoms with Crippen LogP contribution in [-0.4, -0.2) is 29.7 Å². The molecule has 19 heavy (non-hydrogen) atoms. The molecule has 1 aromatic carbocycles. The molecule has 0 spiro atoms. The van der Waals surface area contributed by atoms with Gasteiger partial charge in [-0.1, -0.05) is 42.5 Å². The van der Waals surface area contributed by atoms with E-state index in [-0.39, 0.29) is 5.54 Å². The van der Waals surface area contributed by atoms with Gasteiger partial charge < -0.3 is 0 Å². The van der Waals surface area contributed by atoms with Gasteiger partial charge in [0.1, 0.15) is 0 Å². The standard InChI is InChI=1S/C17H20N2/c1-3-9-16(10-4-1)18-15-17(11-5-2-6-12-17)19-13-7-8-14-19/h1-6,9-11,15H,7-8,12-14H2. The van der Waals surface area contributed by atoms with Crippen LogP contribution in [0.4, 0.5) is 5.69 Å². The molecule has 0 amide bonds. The van der Waals surface area contributed by atoms with E-state index in [0.717, 1.165) is 12.1 Å². The van der Waals surface area contributed by atoms with Gasteiger partial charge in [-0.3, -0.25) is 9.89 Å². The summed E-state index contributed by atoms with van der Waals surface area (Å²) in [5.74, 6) is 0. The summed E-state index contributed by atoms with van der Waals surface area (Å²) >= 11 is 0. The molecule has 1 fully saturated rings. The van der Waals surface area contributed by atoms with Gasteiger partial charge in [0.15, 0.2) is 0 Å². The average Bonchev–Trinajstić information content (AvgIpc) is 3.02. The van der Waals surface area contributed by atoms with Crippen molar-refractivity contribution >= 4 is 11.9 Å². The van der Waals surface area contributed by atoms with Crippen LogP contribution in [0.5, 0.6) is 0 Å². The molecule has 0 bridgehead atoms. The molecule has 2 aliphatic rings. The van der Waals surface area contributed by atoms with Crippen LogP contribution in [0.3, 0.4) is 0 Å². The van der Waals surface area contributed by atoms with Gasteiger partial charge in [-0.05, 0) is 44.5 Å². The minimum absolute atomic E-state index is 0.0128. The Hall–Kier alpha value is -1.67. The van der Waals surface area contributed by atoms with Crippen LogP contribution < -0.4 is 0 Å². The lowest BCUT2D eigenvalue weighted by Crippen LogP contribution is -2.47. The van der Waals surface area contributed by atoms with Crippen LogP contribution in [-0.2, 0) is 0 Å². The van der Waals surface area contributed by atoms with Crippen molar-refractivity contribution in [2.75, 3.05) is 13.1 Å². The first-order valence-corrected chi connectivity index (χ1v) is 7.09. The van der Waals surface area contributed by atoms with E-state index in [1.165, 1.54) is 25.9 Å². The lowest BCUT2D eigenvalue weighted by molar-refractivity contribution is 0.237. The Balaban J connectivity index is 1.85. The number of allylic oxidation sites excluding steroid dienone is 2. The molecule has 0 saturated carbocycles. The molecule has 2 heteroatoms. The normalized spacial score (nSPS) is 27.4. The molecule has 1 aliphatic heterocycles. The van der Waals surface area contributed by atoms with Crippen LogP contribution >= 0.6 is 0 Å². The first-order chi connectivity index (χ1) is 9.39.